The first kappa shape index (κ1) is 14.3. The number of hydrogen-bond acceptors (Lipinski definition) is 4. The van der Waals surface area contributed by atoms with E-state index in [2.05, 4.69) is 17.2 Å². The summed E-state index contributed by atoms with van der Waals surface area (Å²) in [6.45, 7) is 5.08. The van der Waals surface area contributed by atoms with Crippen molar-refractivity contribution in [1.29, 1.82) is 0 Å². The van der Waals surface area contributed by atoms with Crippen molar-refractivity contribution >= 4 is 0 Å². The van der Waals surface area contributed by atoms with Gasteiger partial charge < -0.3 is 14.8 Å². The Labute approximate surface area is 115 Å². The number of hydrogen-bond donors (Lipinski definition) is 1. The molecule has 1 aliphatic carbocycles. The fourth-order valence-electron chi connectivity index (χ4n) is 1.79. The van der Waals surface area contributed by atoms with Crippen LogP contribution in [-0.2, 0) is 11.3 Å². The fourth-order valence-corrected chi connectivity index (χ4v) is 1.79. The van der Waals surface area contributed by atoms with Crippen LogP contribution in [0.2, 0.25) is 0 Å². The van der Waals surface area contributed by atoms with Crippen LogP contribution < -0.4 is 10.1 Å². The average molecular weight is 264 g/mol. The molecular formula is C15H24N2O2. The molecule has 0 amide bonds. The van der Waals surface area contributed by atoms with Gasteiger partial charge in [-0.05, 0) is 25.3 Å². The Morgan fingerprint density at radius 2 is 2.21 bits per heavy atom. The van der Waals surface area contributed by atoms with Gasteiger partial charge in [-0.25, -0.2) is 0 Å². The third kappa shape index (κ3) is 5.57. The van der Waals surface area contributed by atoms with Gasteiger partial charge in [0.15, 0.2) is 0 Å². The minimum Gasteiger partial charge on any atom is -0.489 e. The first-order valence-corrected chi connectivity index (χ1v) is 7.27. The molecule has 0 aliphatic heterocycles. The maximum atomic E-state index is 5.74. The first-order chi connectivity index (χ1) is 9.40. The van der Waals surface area contributed by atoms with Gasteiger partial charge in [0.25, 0.3) is 0 Å². The molecule has 0 spiro atoms. The zero-order valence-electron chi connectivity index (χ0n) is 11.7. The van der Waals surface area contributed by atoms with Crippen molar-refractivity contribution < 1.29 is 9.47 Å². The average Bonchev–Trinajstić information content (AvgIpc) is 3.25. The van der Waals surface area contributed by atoms with Crippen LogP contribution in [0.1, 0.15) is 38.2 Å². The summed E-state index contributed by atoms with van der Waals surface area (Å²) in [5, 5.41) is 3.49. The van der Waals surface area contributed by atoms with Gasteiger partial charge in [-0.15, -0.1) is 0 Å². The topological polar surface area (TPSA) is 43.4 Å². The summed E-state index contributed by atoms with van der Waals surface area (Å²) in [6, 6.07) is 2.72. The molecule has 1 saturated carbocycles. The molecule has 1 aromatic heterocycles. The molecule has 1 aliphatic rings. The van der Waals surface area contributed by atoms with Crippen molar-refractivity contribution in [2.75, 3.05) is 19.8 Å². The Hall–Kier alpha value is -1.13. The molecule has 1 N–H and O–H groups in total. The molecule has 19 heavy (non-hydrogen) atoms. The van der Waals surface area contributed by atoms with E-state index >= 15 is 0 Å². The zero-order chi connectivity index (χ0) is 13.3. The molecule has 1 fully saturated rings. The van der Waals surface area contributed by atoms with E-state index in [1.54, 1.807) is 6.20 Å². The molecule has 0 atom stereocenters. The van der Waals surface area contributed by atoms with Gasteiger partial charge in [-0.3, -0.25) is 4.98 Å². The second-order valence-electron chi connectivity index (χ2n) is 4.95. The highest BCUT2D eigenvalue weighted by atomic mass is 16.5. The third-order valence-corrected chi connectivity index (χ3v) is 3.16. The number of unbranched alkanes of at least 4 members (excludes halogenated alkanes) is 1. The number of aromatic nitrogens is 1. The van der Waals surface area contributed by atoms with Crippen molar-refractivity contribution in [3.63, 3.8) is 0 Å². The summed E-state index contributed by atoms with van der Waals surface area (Å²) in [4.78, 5) is 4.12. The van der Waals surface area contributed by atoms with Gasteiger partial charge >= 0.3 is 0 Å². The van der Waals surface area contributed by atoms with Crippen LogP contribution in [-0.4, -0.2) is 30.8 Å². The normalized spacial score (nSPS) is 14.6. The lowest BCUT2D eigenvalue weighted by Crippen LogP contribution is -2.16. The molecule has 0 unspecified atom stereocenters. The Bertz CT molecular complexity index is 367. The Morgan fingerprint density at radius 1 is 1.32 bits per heavy atom. The summed E-state index contributed by atoms with van der Waals surface area (Å²) >= 11 is 0. The van der Waals surface area contributed by atoms with Crippen molar-refractivity contribution in [2.45, 2.75) is 45.2 Å². The zero-order valence-corrected chi connectivity index (χ0v) is 11.7. The molecule has 4 nitrogen and oxygen atoms in total. The minimum absolute atomic E-state index is 0.589. The smallest absolute Gasteiger partial charge is 0.142 e. The second-order valence-corrected chi connectivity index (χ2v) is 4.95. The van der Waals surface area contributed by atoms with Gasteiger partial charge in [0.05, 0.1) is 12.8 Å². The molecule has 2 rings (SSSR count). The number of rotatable bonds is 10. The number of nitrogens with zero attached hydrogens (tertiary/aromatic N) is 1. The maximum absolute atomic E-state index is 5.74. The van der Waals surface area contributed by atoms with Crippen molar-refractivity contribution in [1.82, 2.24) is 10.3 Å². The van der Waals surface area contributed by atoms with E-state index in [-0.39, 0.29) is 0 Å². The van der Waals surface area contributed by atoms with Crippen LogP contribution in [0.4, 0.5) is 0 Å². The predicted octanol–water partition coefficient (Wildman–Crippen LogP) is 2.53. The Balaban J connectivity index is 1.68. The van der Waals surface area contributed by atoms with Crippen LogP contribution in [0.15, 0.2) is 18.5 Å². The lowest BCUT2D eigenvalue weighted by molar-refractivity contribution is 0.0975. The quantitative estimate of drug-likeness (QED) is 0.659. The van der Waals surface area contributed by atoms with Crippen LogP contribution in [0.25, 0.3) is 0 Å². The number of nitrogens with one attached hydrogen (secondary N) is 1. The minimum atomic E-state index is 0.589. The van der Waals surface area contributed by atoms with E-state index < -0.39 is 0 Å². The molecule has 0 aromatic carbocycles. The van der Waals surface area contributed by atoms with Gasteiger partial charge in [-0.1, -0.05) is 13.3 Å². The van der Waals surface area contributed by atoms with E-state index in [9.17, 15) is 0 Å². The lowest BCUT2D eigenvalue weighted by atomic mass is 10.2. The van der Waals surface area contributed by atoms with E-state index in [0.29, 0.717) is 19.3 Å². The van der Waals surface area contributed by atoms with Gasteiger partial charge in [0, 0.05) is 31.0 Å². The van der Waals surface area contributed by atoms with Gasteiger partial charge in [0.1, 0.15) is 12.4 Å². The molecule has 4 heteroatoms. The molecule has 1 aromatic rings. The van der Waals surface area contributed by atoms with Crippen LogP contribution in [0.5, 0.6) is 5.75 Å². The number of ether oxygens (including phenoxy) is 2. The third-order valence-electron chi connectivity index (χ3n) is 3.16. The summed E-state index contributed by atoms with van der Waals surface area (Å²) in [5.74, 6) is 0.870. The number of pyridine rings is 1. The summed E-state index contributed by atoms with van der Waals surface area (Å²) < 4.78 is 11.2. The van der Waals surface area contributed by atoms with Crippen molar-refractivity contribution in [3.05, 3.63) is 24.0 Å². The van der Waals surface area contributed by atoms with Gasteiger partial charge in [0.2, 0.25) is 0 Å². The Morgan fingerprint density at radius 3 is 3.00 bits per heavy atom. The fraction of sp³-hybridized carbons (Fsp3) is 0.667. The summed E-state index contributed by atoms with van der Waals surface area (Å²) in [6.07, 6.45) is 8.48. The van der Waals surface area contributed by atoms with Crippen LogP contribution in [0.3, 0.4) is 0 Å². The molecule has 1 heterocycles. The first-order valence-electron chi connectivity index (χ1n) is 7.27. The van der Waals surface area contributed by atoms with Crippen molar-refractivity contribution in [3.8, 4) is 5.75 Å². The second kappa shape index (κ2) is 8.12. The highest BCUT2D eigenvalue weighted by molar-refractivity contribution is 5.29. The monoisotopic (exact) mass is 264 g/mol. The van der Waals surface area contributed by atoms with E-state index in [1.807, 2.05) is 12.3 Å². The predicted molar refractivity (Wildman–Crippen MR) is 75.3 cm³/mol. The van der Waals surface area contributed by atoms with Crippen molar-refractivity contribution in [2.24, 2.45) is 0 Å². The maximum Gasteiger partial charge on any atom is 0.142 e. The summed E-state index contributed by atoms with van der Waals surface area (Å²) in [7, 11) is 0. The van der Waals surface area contributed by atoms with Gasteiger partial charge in [-0.2, -0.15) is 0 Å². The SMILES string of the molecule is CCCCOCCOc1cnccc1CNC1CC1. The molecule has 0 bridgehead atoms. The molecular weight excluding hydrogens is 240 g/mol. The standard InChI is InChI=1S/C15H24N2O2/c1-2-3-8-18-9-10-19-15-12-16-7-6-13(15)11-17-14-4-5-14/h6-7,12,14,17H,2-5,8-11H2,1H3. The molecule has 106 valence electrons. The van der Waals surface area contributed by atoms with E-state index in [4.69, 9.17) is 9.47 Å². The molecule has 0 radical (unpaired) electrons. The highest BCUT2D eigenvalue weighted by Gasteiger charge is 2.20. The molecule has 0 saturated heterocycles. The Kier molecular flexibility index (Phi) is 6.11. The van der Waals surface area contributed by atoms with Crippen LogP contribution >= 0.6 is 0 Å². The van der Waals surface area contributed by atoms with E-state index in [0.717, 1.165) is 25.3 Å². The highest BCUT2D eigenvalue weighted by Crippen LogP contribution is 2.21. The van der Waals surface area contributed by atoms with E-state index in [1.165, 1.54) is 24.8 Å². The summed E-state index contributed by atoms with van der Waals surface area (Å²) in [5.41, 5.74) is 1.18. The largest absolute Gasteiger partial charge is 0.489 e. The lowest BCUT2D eigenvalue weighted by Gasteiger charge is -2.11. The van der Waals surface area contributed by atoms with Crippen LogP contribution in [0, 0.1) is 0 Å².